The monoisotopic (exact) mass is 574 g/mol. The molecule has 3 aromatic heterocycles. The molecule has 8 nitrogen and oxygen atoms in total. The van der Waals surface area contributed by atoms with Gasteiger partial charge in [-0.1, -0.05) is 37.3 Å². The standard InChI is InChI=1S/C23H24Br2N6O2/c1-3-5-6-8-16(7-4-2)18-13-19-27-20(31-23(32)22(25)17(24)15-26-31)14-21(30(19)28-18)29-9-11-33-12-10-29/h4-8,13-15H,3,9-12H2,1-2H3/b6-5+,7-4-,16-8+. The van der Waals surface area contributed by atoms with E-state index in [0.29, 0.717) is 33.6 Å². The Hall–Kier alpha value is -2.56. The van der Waals surface area contributed by atoms with E-state index in [1.165, 1.54) is 4.68 Å². The first kappa shape index (κ1) is 23.6. The highest BCUT2D eigenvalue weighted by Crippen LogP contribution is 2.25. The molecule has 0 spiro atoms. The van der Waals surface area contributed by atoms with Crippen molar-refractivity contribution in [1.29, 1.82) is 0 Å². The van der Waals surface area contributed by atoms with Crippen LogP contribution < -0.4 is 10.5 Å². The molecular formula is C23H24Br2N6O2. The van der Waals surface area contributed by atoms with Crippen molar-refractivity contribution in [3.05, 3.63) is 73.7 Å². The van der Waals surface area contributed by atoms with Crippen molar-refractivity contribution in [3.63, 3.8) is 0 Å². The first-order valence-corrected chi connectivity index (χ1v) is 12.3. The lowest BCUT2D eigenvalue weighted by molar-refractivity contribution is 0.122. The van der Waals surface area contributed by atoms with Gasteiger partial charge in [-0.05, 0) is 45.2 Å². The molecule has 1 aliphatic rings. The maximum absolute atomic E-state index is 12.9. The Morgan fingerprint density at radius 2 is 2.03 bits per heavy atom. The van der Waals surface area contributed by atoms with Gasteiger partial charge in [0.1, 0.15) is 10.3 Å². The fourth-order valence-electron chi connectivity index (χ4n) is 3.50. The highest BCUT2D eigenvalue weighted by atomic mass is 79.9. The molecular weight excluding hydrogens is 552 g/mol. The second kappa shape index (κ2) is 10.6. The molecule has 0 aromatic carbocycles. The Balaban J connectivity index is 1.92. The van der Waals surface area contributed by atoms with E-state index in [1.807, 2.05) is 47.9 Å². The van der Waals surface area contributed by atoms with Crippen LogP contribution in [0.1, 0.15) is 26.0 Å². The zero-order chi connectivity index (χ0) is 23.4. The molecule has 0 aliphatic carbocycles. The maximum atomic E-state index is 12.9. The van der Waals surface area contributed by atoms with Crippen molar-refractivity contribution in [3.8, 4) is 5.82 Å². The molecule has 1 fully saturated rings. The van der Waals surface area contributed by atoms with Gasteiger partial charge >= 0.3 is 0 Å². The van der Waals surface area contributed by atoms with Gasteiger partial charge in [0.25, 0.3) is 5.56 Å². The molecule has 4 heterocycles. The maximum Gasteiger partial charge on any atom is 0.288 e. The Kier molecular flexibility index (Phi) is 7.56. The lowest BCUT2D eigenvalue weighted by Crippen LogP contribution is -2.37. The third-order valence-electron chi connectivity index (χ3n) is 5.11. The summed E-state index contributed by atoms with van der Waals surface area (Å²) in [5.74, 6) is 1.26. The molecule has 0 amide bonds. The Bertz CT molecular complexity index is 1300. The first-order chi connectivity index (χ1) is 16.0. The molecule has 0 saturated carbocycles. The van der Waals surface area contributed by atoms with Gasteiger partial charge in [-0.2, -0.15) is 19.4 Å². The molecule has 0 N–H and O–H groups in total. The number of morpholine rings is 1. The zero-order valence-electron chi connectivity index (χ0n) is 18.4. The summed E-state index contributed by atoms with van der Waals surface area (Å²) in [5, 5.41) is 9.15. The van der Waals surface area contributed by atoms with Crippen LogP contribution in [0.4, 0.5) is 5.82 Å². The average Bonchev–Trinajstić information content (AvgIpc) is 3.26. The van der Waals surface area contributed by atoms with Crippen LogP contribution in [0.5, 0.6) is 0 Å². The number of hydrogen-bond acceptors (Lipinski definition) is 6. The van der Waals surface area contributed by atoms with E-state index in [-0.39, 0.29) is 5.56 Å². The summed E-state index contributed by atoms with van der Waals surface area (Å²) in [6.07, 6.45) is 12.7. The zero-order valence-corrected chi connectivity index (χ0v) is 21.6. The molecule has 33 heavy (non-hydrogen) atoms. The molecule has 0 radical (unpaired) electrons. The van der Waals surface area contributed by atoms with Gasteiger partial charge in [0.2, 0.25) is 0 Å². The summed E-state index contributed by atoms with van der Waals surface area (Å²) in [7, 11) is 0. The average molecular weight is 576 g/mol. The van der Waals surface area contributed by atoms with Crippen LogP contribution in [0.3, 0.4) is 0 Å². The van der Waals surface area contributed by atoms with Crippen LogP contribution in [0.15, 0.2) is 62.4 Å². The molecule has 0 bridgehead atoms. The lowest BCUT2D eigenvalue weighted by Gasteiger charge is -2.29. The first-order valence-electron chi connectivity index (χ1n) is 10.7. The number of anilines is 1. The topological polar surface area (TPSA) is 77.5 Å². The van der Waals surface area contributed by atoms with E-state index in [4.69, 9.17) is 14.8 Å². The van der Waals surface area contributed by atoms with Gasteiger partial charge in [-0.15, -0.1) is 0 Å². The second-order valence-corrected chi connectivity index (χ2v) is 9.00. The summed E-state index contributed by atoms with van der Waals surface area (Å²) in [6, 6.07) is 3.78. The van der Waals surface area contributed by atoms with Crippen molar-refractivity contribution in [2.24, 2.45) is 0 Å². The van der Waals surface area contributed by atoms with Gasteiger partial charge in [-0.25, -0.2) is 4.98 Å². The number of aromatic nitrogens is 5. The molecule has 1 saturated heterocycles. The molecule has 4 rings (SSSR count). The van der Waals surface area contributed by atoms with Crippen LogP contribution in [0.2, 0.25) is 0 Å². The van der Waals surface area contributed by atoms with Crippen molar-refractivity contribution in [2.75, 3.05) is 31.2 Å². The summed E-state index contributed by atoms with van der Waals surface area (Å²) in [6.45, 7) is 6.77. The molecule has 3 aromatic rings. The number of hydrogen-bond donors (Lipinski definition) is 0. The predicted molar refractivity (Wildman–Crippen MR) is 137 cm³/mol. The van der Waals surface area contributed by atoms with Crippen LogP contribution >= 0.6 is 31.9 Å². The molecule has 1 aliphatic heterocycles. The Morgan fingerprint density at radius 1 is 1.24 bits per heavy atom. The second-order valence-electron chi connectivity index (χ2n) is 7.35. The Morgan fingerprint density at radius 3 is 2.76 bits per heavy atom. The van der Waals surface area contributed by atoms with Gasteiger partial charge in [0, 0.05) is 30.8 Å². The van der Waals surface area contributed by atoms with Crippen molar-refractivity contribution in [1.82, 2.24) is 24.4 Å². The molecule has 0 unspecified atom stereocenters. The van der Waals surface area contributed by atoms with Crippen molar-refractivity contribution in [2.45, 2.75) is 20.3 Å². The van der Waals surface area contributed by atoms with Crippen molar-refractivity contribution < 1.29 is 4.74 Å². The van der Waals surface area contributed by atoms with E-state index in [1.54, 1.807) is 6.20 Å². The fraction of sp³-hybridized carbons (Fsp3) is 0.304. The van der Waals surface area contributed by atoms with Gasteiger partial charge in [-0.3, -0.25) is 4.79 Å². The van der Waals surface area contributed by atoms with Crippen molar-refractivity contribution >= 4 is 48.9 Å². The van der Waals surface area contributed by atoms with Gasteiger partial charge < -0.3 is 9.64 Å². The third kappa shape index (κ3) is 5.02. The van der Waals surface area contributed by atoms with Crippen LogP contribution in [0, 0.1) is 0 Å². The van der Waals surface area contributed by atoms with Crippen LogP contribution in [0.25, 0.3) is 17.0 Å². The number of nitrogens with zero attached hydrogens (tertiary/aromatic N) is 6. The number of fused-ring (bicyclic) bond motifs is 1. The highest BCUT2D eigenvalue weighted by molar-refractivity contribution is 9.13. The van der Waals surface area contributed by atoms with E-state index in [9.17, 15) is 4.79 Å². The van der Waals surface area contributed by atoms with Gasteiger partial charge in [0.15, 0.2) is 11.5 Å². The Labute approximate surface area is 208 Å². The minimum Gasteiger partial charge on any atom is -0.378 e. The predicted octanol–water partition coefficient (Wildman–Crippen LogP) is 4.56. The van der Waals surface area contributed by atoms with Gasteiger partial charge in [0.05, 0.1) is 29.6 Å². The number of allylic oxidation sites excluding steroid dienone is 6. The lowest BCUT2D eigenvalue weighted by atomic mass is 10.1. The van der Waals surface area contributed by atoms with E-state index in [2.05, 4.69) is 54.9 Å². The summed E-state index contributed by atoms with van der Waals surface area (Å²) in [5.41, 5.74) is 2.11. The third-order valence-corrected chi connectivity index (χ3v) is 7.01. The van der Waals surface area contributed by atoms with E-state index >= 15 is 0 Å². The summed E-state index contributed by atoms with van der Waals surface area (Å²) >= 11 is 6.66. The minimum atomic E-state index is -0.298. The smallest absolute Gasteiger partial charge is 0.288 e. The van der Waals surface area contributed by atoms with Crippen LogP contribution in [-0.2, 0) is 4.74 Å². The number of halogens is 2. The minimum absolute atomic E-state index is 0.298. The number of rotatable bonds is 6. The SMILES string of the molecule is C\C=C/C(=C\C=C\CC)c1cc2nc(-n3ncc(Br)c(Br)c3=O)cc(N3CCOCC3)n2n1. The molecule has 10 heteroatoms. The molecule has 0 atom stereocenters. The number of ether oxygens (including phenoxy) is 1. The van der Waals surface area contributed by atoms with Crippen LogP contribution in [-0.4, -0.2) is 50.7 Å². The quantitative estimate of drug-likeness (QED) is 0.401. The van der Waals surface area contributed by atoms with E-state index in [0.717, 1.165) is 36.6 Å². The highest BCUT2D eigenvalue weighted by Gasteiger charge is 2.20. The van der Waals surface area contributed by atoms with E-state index < -0.39 is 0 Å². The summed E-state index contributed by atoms with van der Waals surface area (Å²) < 4.78 is 9.63. The normalized spacial score (nSPS) is 15.4. The summed E-state index contributed by atoms with van der Waals surface area (Å²) in [4.78, 5) is 19.8. The fourth-order valence-corrected chi connectivity index (χ4v) is 4.03. The largest absolute Gasteiger partial charge is 0.378 e. The molecule has 172 valence electrons.